The Morgan fingerprint density at radius 2 is 2.00 bits per heavy atom. The van der Waals surface area contributed by atoms with Crippen LogP contribution in [0, 0.1) is 5.92 Å². The molecule has 2 rings (SSSR count). The van der Waals surface area contributed by atoms with Gasteiger partial charge in [-0.2, -0.15) is 0 Å². The maximum atomic E-state index is 11.9. The topological polar surface area (TPSA) is 17.1 Å². The van der Waals surface area contributed by atoms with Gasteiger partial charge in [-0.05, 0) is 17.4 Å². The first-order chi connectivity index (χ1) is 7.84. The first kappa shape index (κ1) is 11.8. The molecule has 0 spiro atoms. The Labute approximate surface area is 102 Å². The van der Waals surface area contributed by atoms with E-state index >= 15 is 0 Å². The van der Waals surface area contributed by atoms with Gasteiger partial charge in [0.15, 0.2) is 0 Å². The minimum absolute atomic E-state index is 0.439. The smallest absolute Gasteiger partial charge is 0.138 e. The van der Waals surface area contributed by atoms with Crippen LogP contribution in [0.4, 0.5) is 0 Å². The van der Waals surface area contributed by atoms with E-state index in [4.69, 9.17) is 0 Å². The average Bonchev–Trinajstić information content (AvgIpc) is 2.62. The fraction of sp³-hybridized carbons (Fsp3) is 0.643. The summed E-state index contributed by atoms with van der Waals surface area (Å²) in [6.45, 7) is 0. The van der Waals surface area contributed by atoms with Crippen molar-refractivity contribution in [1.29, 1.82) is 0 Å². The molecule has 1 saturated carbocycles. The molecule has 1 heterocycles. The molecular formula is C14H20OS. The van der Waals surface area contributed by atoms with Crippen LogP contribution in [-0.2, 0) is 11.2 Å². The van der Waals surface area contributed by atoms with Crippen molar-refractivity contribution in [2.24, 2.45) is 5.92 Å². The highest BCUT2D eigenvalue weighted by Crippen LogP contribution is 2.26. The van der Waals surface area contributed by atoms with E-state index in [1.165, 1.54) is 43.4 Å². The molecule has 1 aliphatic carbocycles. The van der Waals surface area contributed by atoms with E-state index in [-0.39, 0.29) is 0 Å². The molecule has 0 unspecified atom stereocenters. The van der Waals surface area contributed by atoms with Gasteiger partial charge in [-0.25, -0.2) is 0 Å². The van der Waals surface area contributed by atoms with Crippen molar-refractivity contribution >= 4 is 17.1 Å². The summed E-state index contributed by atoms with van der Waals surface area (Å²) < 4.78 is 0. The van der Waals surface area contributed by atoms with Crippen molar-refractivity contribution in [3.05, 3.63) is 22.4 Å². The second-order valence-corrected chi connectivity index (χ2v) is 5.89. The summed E-state index contributed by atoms with van der Waals surface area (Å²) in [5.74, 6) is 1.12. The fourth-order valence-corrected chi connectivity index (χ4v) is 3.30. The molecule has 1 aliphatic rings. The van der Waals surface area contributed by atoms with Gasteiger partial charge >= 0.3 is 0 Å². The maximum absolute atomic E-state index is 11.9. The van der Waals surface area contributed by atoms with E-state index in [1.807, 2.05) is 11.4 Å². The second kappa shape index (κ2) is 6.19. The van der Waals surface area contributed by atoms with Crippen LogP contribution < -0.4 is 0 Å². The van der Waals surface area contributed by atoms with E-state index in [0.29, 0.717) is 18.1 Å². The van der Waals surface area contributed by atoms with Crippen molar-refractivity contribution in [1.82, 2.24) is 0 Å². The van der Waals surface area contributed by atoms with Crippen molar-refractivity contribution in [2.45, 2.75) is 51.4 Å². The molecule has 0 atom stereocenters. The number of Topliss-reactive ketones (excluding diaryl/α,β-unsaturated/α-hetero) is 1. The van der Waals surface area contributed by atoms with Crippen LogP contribution in [0.3, 0.4) is 0 Å². The lowest BCUT2D eigenvalue weighted by atomic mass is 9.93. The highest BCUT2D eigenvalue weighted by atomic mass is 32.1. The van der Waals surface area contributed by atoms with Gasteiger partial charge in [0.05, 0.1) is 0 Å². The number of hydrogen-bond acceptors (Lipinski definition) is 2. The quantitative estimate of drug-likeness (QED) is 0.715. The van der Waals surface area contributed by atoms with Crippen LogP contribution in [-0.4, -0.2) is 5.78 Å². The Hall–Kier alpha value is -0.630. The molecule has 0 amide bonds. The zero-order valence-corrected chi connectivity index (χ0v) is 10.6. The Bertz CT molecular complexity index is 307. The Balaban J connectivity index is 1.77. The van der Waals surface area contributed by atoms with Crippen molar-refractivity contribution in [3.63, 3.8) is 0 Å². The molecule has 1 aromatic rings. The van der Waals surface area contributed by atoms with Gasteiger partial charge < -0.3 is 0 Å². The summed E-state index contributed by atoms with van der Waals surface area (Å²) in [5, 5.41) is 2.05. The standard InChI is InChI=1S/C14H20OS/c15-13(11-14-8-5-9-16-14)10-12-6-3-1-2-4-7-12/h5,8-9,12H,1-4,6-7,10-11H2. The minimum atomic E-state index is 0.439. The summed E-state index contributed by atoms with van der Waals surface area (Å²) in [4.78, 5) is 13.1. The zero-order chi connectivity index (χ0) is 11.2. The lowest BCUT2D eigenvalue weighted by Crippen LogP contribution is -2.09. The molecule has 1 aromatic heterocycles. The van der Waals surface area contributed by atoms with Crippen molar-refractivity contribution in [3.8, 4) is 0 Å². The normalized spacial score (nSPS) is 18.2. The molecule has 88 valence electrons. The van der Waals surface area contributed by atoms with E-state index < -0.39 is 0 Å². The van der Waals surface area contributed by atoms with Crippen LogP contribution >= 0.6 is 11.3 Å². The summed E-state index contributed by atoms with van der Waals surface area (Å²) >= 11 is 1.70. The number of carbonyl (C=O) groups is 1. The predicted molar refractivity (Wildman–Crippen MR) is 68.8 cm³/mol. The summed E-state index contributed by atoms with van der Waals surface area (Å²) in [7, 11) is 0. The van der Waals surface area contributed by atoms with E-state index in [0.717, 1.165) is 6.42 Å². The molecule has 0 bridgehead atoms. The van der Waals surface area contributed by atoms with E-state index in [2.05, 4.69) is 6.07 Å². The Morgan fingerprint density at radius 3 is 2.62 bits per heavy atom. The predicted octanol–water partition coefficient (Wildman–Crippen LogP) is 4.22. The van der Waals surface area contributed by atoms with Gasteiger partial charge in [0, 0.05) is 17.7 Å². The lowest BCUT2D eigenvalue weighted by Gasteiger charge is -2.12. The lowest BCUT2D eigenvalue weighted by molar-refractivity contribution is -0.119. The fourth-order valence-electron chi connectivity index (χ4n) is 2.57. The third-order valence-corrected chi connectivity index (χ3v) is 4.32. The van der Waals surface area contributed by atoms with Crippen molar-refractivity contribution < 1.29 is 4.79 Å². The largest absolute Gasteiger partial charge is 0.299 e. The molecule has 0 aromatic carbocycles. The Morgan fingerprint density at radius 1 is 1.25 bits per heavy atom. The maximum Gasteiger partial charge on any atom is 0.138 e. The van der Waals surface area contributed by atoms with Gasteiger partial charge in [-0.1, -0.05) is 44.6 Å². The molecule has 0 saturated heterocycles. The molecule has 0 radical (unpaired) electrons. The first-order valence-corrected chi connectivity index (χ1v) is 7.26. The van der Waals surface area contributed by atoms with Gasteiger partial charge in [-0.3, -0.25) is 4.79 Å². The average molecular weight is 236 g/mol. The second-order valence-electron chi connectivity index (χ2n) is 4.86. The van der Waals surface area contributed by atoms with Gasteiger partial charge in [0.25, 0.3) is 0 Å². The van der Waals surface area contributed by atoms with E-state index in [1.54, 1.807) is 11.3 Å². The highest BCUT2D eigenvalue weighted by molar-refractivity contribution is 7.10. The van der Waals surface area contributed by atoms with Crippen molar-refractivity contribution in [2.75, 3.05) is 0 Å². The van der Waals surface area contributed by atoms with Gasteiger partial charge in [-0.15, -0.1) is 11.3 Å². The van der Waals surface area contributed by atoms with Gasteiger partial charge in [0.1, 0.15) is 5.78 Å². The van der Waals surface area contributed by atoms with Crippen LogP contribution in [0.5, 0.6) is 0 Å². The summed E-state index contributed by atoms with van der Waals surface area (Å²) in [6.07, 6.45) is 9.43. The number of carbonyl (C=O) groups excluding carboxylic acids is 1. The number of thiophene rings is 1. The molecule has 1 nitrogen and oxygen atoms in total. The minimum Gasteiger partial charge on any atom is -0.299 e. The van der Waals surface area contributed by atoms with Crippen LogP contribution in [0.1, 0.15) is 49.8 Å². The third kappa shape index (κ3) is 3.75. The SMILES string of the molecule is O=C(Cc1cccs1)CC1CCCCCC1. The molecule has 1 fully saturated rings. The first-order valence-electron chi connectivity index (χ1n) is 6.38. The van der Waals surface area contributed by atoms with E-state index in [9.17, 15) is 4.79 Å². The molecule has 0 aliphatic heterocycles. The molecular weight excluding hydrogens is 216 g/mol. The molecule has 0 N–H and O–H groups in total. The van der Waals surface area contributed by atoms with Crippen LogP contribution in [0.2, 0.25) is 0 Å². The Kier molecular flexibility index (Phi) is 4.58. The summed E-state index contributed by atoms with van der Waals surface area (Å²) in [6, 6.07) is 4.09. The van der Waals surface area contributed by atoms with Crippen LogP contribution in [0.25, 0.3) is 0 Å². The number of ketones is 1. The third-order valence-electron chi connectivity index (χ3n) is 3.44. The number of hydrogen-bond donors (Lipinski definition) is 0. The highest BCUT2D eigenvalue weighted by Gasteiger charge is 2.16. The summed E-state index contributed by atoms with van der Waals surface area (Å²) in [5.41, 5.74) is 0. The molecule has 2 heteroatoms. The molecule has 16 heavy (non-hydrogen) atoms. The number of rotatable bonds is 4. The monoisotopic (exact) mass is 236 g/mol. The zero-order valence-electron chi connectivity index (χ0n) is 9.78. The van der Waals surface area contributed by atoms with Gasteiger partial charge in [0.2, 0.25) is 0 Å². The van der Waals surface area contributed by atoms with Crippen LogP contribution in [0.15, 0.2) is 17.5 Å².